The van der Waals surface area contributed by atoms with Crippen LogP contribution in [0, 0.1) is 6.92 Å². The van der Waals surface area contributed by atoms with Crippen molar-refractivity contribution in [2.75, 3.05) is 20.3 Å². The average Bonchev–Trinajstić information content (AvgIpc) is 2.63. The minimum Gasteiger partial charge on any atom is -0.382 e. The van der Waals surface area contributed by atoms with E-state index >= 15 is 0 Å². The summed E-state index contributed by atoms with van der Waals surface area (Å²) < 4.78 is 13.3. The van der Waals surface area contributed by atoms with Crippen LogP contribution in [0.25, 0.3) is 11.0 Å². The maximum absolute atomic E-state index is 5.50. The second-order valence-corrected chi connectivity index (χ2v) is 4.46. The average molecular weight is 300 g/mol. The van der Waals surface area contributed by atoms with Crippen molar-refractivity contribution in [1.29, 1.82) is 0 Å². The van der Waals surface area contributed by atoms with Crippen molar-refractivity contribution in [2.24, 2.45) is 0 Å². The number of fused-ring (bicyclic) bond motifs is 1. The number of aryl methyl sites for hydroxylation is 1. The van der Waals surface area contributed by atoms with E-state index in [1.54, 1.807) is 19.5 Å². The van der Waals surface area contributed by atoms with E-state index in [2.05, 4.69) is 25.9 Å². The number of aromatic nitrogens is 3. The maximum Gasteiger partial charge on any atom is 0.124 e. The second kappa shape index (κ2) is 5.57. The van der Waals surface area contributed by atoms with Crippen molar-refractivity contribution in [3.63, 3.8) is 0 Å². The monoisotopic (exact) mass is 299 g/mol. The molecule has 0 aliphatic rings. The molecule has 0 aromatic carbocycles. The smallest absolute Gasteiger partial charge is 0.124 e. The highest BCUT2D eigenvalue weighted by molar-refractivity contribution is 9.10. The lowest BCUT2D eigenvalue weighted by molar-refractivity contribution is 0.0350. The van der Waals surface area contributed by atoms with Gasteiger partial charge in [-0.2, -0.15) is 0 Å². The molecule has 0 aliphatic heterocycles. The predicted octanol–water partition coefficient (Wildman–Crippen LogP) is 2.12. The van der Waals surface area contributed by atoms with E-state index in [1.807, 2.05) is 11.5 Å². The first-order valence-corrected chi connectivity index (χ1v) is 6.06. The minimum absolute atomic E-state index is 0.462. The van der Waals surface area contributed by atoms with Crippen LogP contribution >= 0.6 is 15.9 Å². The lowest BCUT2D eigenvalue weighted by Gasteiger charge is -2.07. The largest absolute Gasteiger partial charge is 0.382 e. The van der Waals surface area contributed by atoms with Crippen LogP contribution in [0.1, 0.15) is 5.82 Å². The van der Waals surface area contributed by atoms with Crippen molar-refractivity contribution in [1.82, 2.24) is 14.5 Å². The zero-order valence-electron chi connectivity index (χ0n) is 9.81. The van der Waals surface area contributed by atoms with Gasteiger partial charge in [-0.25, -0.2) is 4.98 Å². The zero-order valence-corrected chi connectivity index (χ0v) is 11.4. The third-order valence-corrected chi connectivity index (χ3v) is 3.04. The van der Waals surface area contributed by atoms with Crippen molar-refractivity contribution < 1.29 is 9.47 Å². The summed E-state index contributed by atoms with van der Waals surface area (Å²) in [5, 5.41) is 0. The number of hydrogen-bond acceptors (Lipinski definition) is 4. The highest BCUT2D eigenvalue weighted by Gasteiger charge is 2.09. The van der Waals surface area contributed by atoms with Crippen LogP contribution in [0.3, 0.4) is 0 Å². The molecule has 92 valence electrons. The van der Waals surface area contributed by atoms with E-state index < -0.39 is 0 Å². The van der Waals surface area contributed by atoms with Crippen LogP contribution in [-0.4, -0.2) is 34.9 Å². The normalized spacial score (nSPS) is 11.2. The molecule has 0 spiro atoms. The molecule has 0 unspecified atom stereocenters. The second-order valence-electron chi connectivity index (χ2n) is 3.61. The molecule has 0 fully saturated rings. The standard InChI is InChI=1S/C11H14BrN3O2/c1-8-14-11-9(12)5-13-6-10(11)15(8)7-17-4-3-16-2/h5-6H,3-4,7H2,1-2H3. The molecule has 2 heterocycles. The molecule has 0 saturated carbocycles. The van der Waals surface area contributed by atoms with Crippen LogP contribution in [0.4, 0.5) is 0 Å². The Morgan fingerprint density at radius 3 is 2.94 bits per heavy atom. The van der Waals surface area contributed by atoms with Gasteiger partial charge in [0.1, 0.15) is 18.1 Å². The summed E-state index contributed by atoms with van der Waals surface area (Å²) in [5.74, 6) is 0.908. The highest BCUT2D eigenvalue weighted by atomic mass is 79.9. The quantitative estimate of drug-likeness (QED) is 0.794. The van der Waals surface area contributed by atoms with E-state index in [-0.39, 0.29) is 0 Å². The molecular weight excluding hydrogens is 286 g/mol. The summed E-state index contributed by atoms with van der Waals surface area (Å²) in [6, 6.07) is 0. The van der Waals surface area contributed by atoms with Gasteiger partial charge in [-0.05, 0) is 22.9 Å². The van der Waals surface area contributed by atoms with Gasteiger partial charge in [0.25, 0.3) is 0 Å². The molecule has 0 saturated heterocycles. The first kappa shape index (κ1) is 12.5. The summed E-state index contributed by atoms with van der Waals surface area (Å²) in [6.07, 6.45) is 3.53. The molecular formula is C11H14BrN3O2. The molecule has 0 N–H and O–H groups in total. The van der Waals surface area contributed by atoms with Gasteiger partial charge in [-0.1, -0.05) is 0 Å². The number of pyridine rings is 1. The number of rotatable bonds is 5. The number of halogens is 1. The SMILES string of the molecule is COCCOCn1c(C)nc2c(Br)cncc21. The van der Waals surface area contributed by atoms with Crippen molar-refractivity contribution in [3.8, 4) is 0 Å². The van der Waals surface area contributed by atoms with Crippen LogP contribution < -0.4 is 0 Å². The molecule has 0 bridgehead atoms. The van der Waals surface area contributed by atoms with E-state index in [1.165, 1.54) is 0 Å². The highest BCUT2D eigenvalue weighted by Crippen LogP contribution is 2.22. The summed E-state index contributed by atoms with van der Waals surface area (Å²) in [7, 11) is 1.66. The first-order valence-electron chi connectivity index (χ1n) is 5.27. The molecule has 5 nitrogen and oxygen atoms in total. The van der Waals surface area contributed by atoms with Crippen molar-refractivity contribution in [3.05, 3.63) is 22.7 Å². The first-order chi connectivity index (χ1) is 8.24. The molecule has 0 atom stereocenters. The zero-order chi connectivity index (χ0) is 12.3. The van der Waals surface area contributed by atoms with E-state index in [0.29, 0.717) is 19.9 Å². The maximum atomic E-state index is 5.50. The predicted molar refractivity (Wildman–Crippen MR) is 67.8 cm³/mol. The van der Waals surface area contributed by atoms with E-state index in [4.69, 9.17) is 9.47 Å². The van der Waals surface area contributed by atoms with E-state index in [0.717, 1.165) is 21.3 Å². The molecule has 2 aromatic heterocycles. The molecule has 2 rings (SSSR count). The number of nitrogens with zero attached hydrogens (tertiary/aromatic N) is 3. The van der Waals surface area contributed by atoms with Gasteiger partial charge in [0, 0.05) is 13.3 Å². The molecule has 0 aliphatic carbocycles. The van der Waals surface area contributed by atoms with Crippen LogP contribution in [0.2, 0.25) is 0 Å². The lowest BCUT2D eigenvalue weighted by Crippen LogP contribution is -2.08. The van der Waals surface area contributed by atoms with Crippen LogP contribution in [-0.2, 0) is 16.2 Å². The van der Waals surface area contributed by atoms with Crippen molar-refractivity contribution >= 4 is 27.0 Å². The van der Waals surface area contributed by atoms with Gasteiger partial charge < -0.3 is 14.0 Å². The number of ether oxygens (including phenoxy) is 2. The van der Waals surface area contributed by atoms with Gasteiger partial charge >= 0.3 is 0 Å². The molecule has 2 aromatic rings. The van der Waals surface area contributed by atoms with Gasteiger partial charge in [0.15, 0.2) is 0 Å². The Morgan fingerprint density at radius 1 is 1.35 bits per heavy atom. The summed E-state index contributed by atoms with van der Waals surface area (Å²) in [4.78, 5) is 8.62. The Hall–Kier alpha value is -0.980. The Labute approximate surface area is 108 Å². The third-order valence-electron chi connectivity index (χ3n) is 2.46. The fourth-order valence-electron chi connectivity index (χ4n) is 1.58. The molecule has 17 heavy (non-hydrogen) atoms. The Bertz CT molecular complexity index is 513. The fourth-order valence-corrected chi connectivity index (χ4v) is 1.99. The summed E-state index contributed by atoms with van der Waals surface area (Å²) in [6.45, 7) is 3.57. The van der Waals surface area contributed by atoms with Crippen molar-refractivity contribution in [2.45, 2.75) is 13.7 Å². The van der Waals surface area contributed by atoms with E-state index in [9.17, 15) is 0 Å². The van der Waals surface area contributed by atoms with Crippen LogP contribution in [0.5, 0.6) is 0 Å². The Morgan fingerprint density at radius 2 is 2.18 bits per heavy atom. The Balaban J connectivity index is 2.21. The van der Waals surface area contributed by atoms with Crippen LogP contribution in [0.15, 0.2) is 16.9 Å². The Kier molecular flexibility index (Phi) is 4.09. The lowest BCUT2D eigenvalue weighted by atomic mass is 10.4. The van der Waals surface area contributed by atoms with Gasteiger partial charge in [0.2, 0.25) is 0 Å². The minimum atomic E-state index is 0.462. The third kappa shape index (κ3) is 2.65. The number of methoxy groups -OCH3 is 1. The summed E-state index contributed by atoms with van der Waals surface area (Å²) in [5.41, 5.74) is 1.88. The van der Waals surface area contributed by atoms with Gasteiger partial charge in [-0.15, -0.1) is 0 Å². The molecule has 0 amide bonds. The van der Waals surface area contributed by atoms with Gasteiger partial charge in [0.05, 0.1) is 29.4 Å². The topological polar surface area (TPSA) is 49.2 Å². The number of imidazole rings is 1. The van der Waals surface area contributed by atoms with Gasteiger partial charge in [-0.3, -0.25) is 4.98 Å². The molecule has 0 radical (unpaired) electrons. The fraction of sp³-hybridized carbons (Fsp3) is 0.455. The summed E-state index contributed by atoms with van der Waals surface area (Å²) >= 11 is 3.44. The molecule has 6 heteroatoms. The number of hydrogen-bond donors (Lipinski definition) is 0.